The van der Waals surface area contributed by atoms with Gasteiger partial charge in [0.15, 0.2) is 0 Å². The summed E-state index contributed by atoms with van der Waals surface area (Å²) in [5.74, 6) is -0.163. The number of carbonyl (C=O) groups excluding carboxylic acids is 1. The molecule has 4 rings (SSSR count). The van der Waals surface area contributed by atoms with Gasteiger partial charge in [-0.2, -0.15) is 5.10 Å². The SMILES string of the molecule is CC(C)(C)c1ccc(-n2ncc3c2CCCC3NC(=O)Cn2ccccc2=O)cc1. The van der Waals surface area contributed by atoms with Gasteiger partial charge >= 0.3 is 0 Å². The van der Waals surface area contributed by atoms with Crippen molar-refractivity contribution in [1.29, 1.82) is 0 Å². The number of amides is 1. The van der Waals surface area contributed by atoms with Crippen LogP contribution < -0.4 is 10.9 Å². The minimum absolute atomic E-state index is 0.0217. The summed E-state index contributed by atoms with van der Waals surface area (Å²) in [6, 6.07) is 13.3. The van der Waals surface area contributed by atoms with Crippen molar-refractivity contribution in [3.8, 4) is 5.69 Å². The van der Waals surface area contributed by atoms with Gasteiger partial charge in [-0.15, -0.1) is 0 Å². The fourth-order valence-electron chi connectivity index (χ4n) is 4.02. The maximum Gasteiger partial charge on any atom is 0.250 e. The normalized spacial score (nSPS) is 16.2. The molecule has 0 fully saturated rings. The van der Waals surface area contributed by atoms with Crippen LogP contribution in [0.5, 0.6) is 0 Å². The Morgan fingerprint density at radius 2 is 1.93 bits per heavy atom. The first kappa shape index (κ1) is 20.1. The van der Waals surface area contributed by atoms with E-state index < -0.39 is 0 Å². The van der Waals surface area contributed by atoms with Crippen molar-refractivity contribution in [2.75, 3.05) is 0 Å². The number of hydrogen-bond donors (Lipinski definition) is 1. The Kier molecular flexibility index (Phi) is 5.33. The summed E-state index contributed by atoms with van der Waals surface area (Å²) in [7, 11) is 0. The van der Waals surface area contributed by atoms with Crippen molar-refractivity contribution in [1.82, 2.24) is 19.7 Å². The van der Waals surface area contributed by atoms with Crippen LogP contribution in [0.4, 0.5) is 0 Å². The lowest BCUT2D eigenvalue weighted by molar-refractivity contribution is -0.122. The standard InChI is InChI=1S/C24H28N4O2/c1-24(2,3)17-10-12-18(13-11-17)28-21-8-6-7-20(19(21)15-25-28)26-22(29)16-27-14-5-4-9-23(27)30/h4-5,9-15,20H,6-8,16H2,1-3H3,(H,26,29). The second-order valence-electron chi connectivity index (χ2n) is 8.93. The van der Waals surface area contributed by atoms with Gasteiger partial charge in [-0.3, -0.25) is 9.59 Å². The van der Waals surface area contributed by atoms with Gasteiger partial charge in [0.25, 0.3) is 5.56 Å². The maximum absolute atomic E-state index is 12.6. The topological polar surface area (TPSA) is 68.9 Å². The van der Waals surface area contributed by atoms with Gasteiger partial charge in [0, 0.05) is 23.5 Å². The zero-order chi connectivity index (χ0) is 21.3. The predicted octanol–water partition coefficient (Wildman–Crippen LogP) is 3.53. The molecule has 1 amide bonds. The summed E-state index contributed by atoms with van der Waals surface area (Å²) < 4.78 is 3.40. The first-order valence-electron chi connectivity index (χ1n) is 10.5. The Labute approximate surface area is 176 Å². The zero-order valence-electron chi connectivity index (χ0n) is 17.8. The molecule has 6 nitrogen and oxygen atoms in total. The molecular formula is C24H28N4O2. The van der Waals surface area contributed by atoms with Crippen LogP contribution in [0.3, 0.4) is 0 Å². The van der Waals surface area contributed by atoms with Gasteiger partial charge in [-0.25, -0.2) is 4.68 Å². The summed E-state index contributed by atoms with van der Waals surface area (Å²) in [4.78, 5) is 24.4. The molecule has 2 heterocycles. The second-order valence-corrected chi connectivity index (χ2v) is 8.93. The van der Waals surface area contributed by atoms with Gasteiger partial charge in [-0.05, 0) is 48.4 Å². The van der Waals surface area contributed by atoms with Crippen molar-refractivity contribution in [3.63, 3.8) is 0 Å². The van der Waals surface area contributed by atoms with Crippen LogP contribution in [0, 0.1) is 0 Å². The third-order valence-electron chi connectivity index (χ3n) is 5.71. The van der Waals surface area contributed by atoms with Gasteiger partial charge in [0.1, 0.15) is 6.54 Å². The summed E-state index contributed by atoms with van der Waals surface area (Å²) in [5, 5.41) is 7.72. The molecule has 2 aromatic heterocycles. The fourth-order valence-corrected chi connectivity index (χ4v) is 4.02. The average Bonchev–Trinajstić information content (AvgIpc) is 3.14. The largest absolute Gasteiger partial charge is 0.348 e. The Morgan fingerprint density at radius 3 is 2.63 bits per heavy atom. The molecule has 0 aliphatic heterocycles. The third-order valence-corrected chi connectivity index (χ3v) is 5.71. The monoisotopic (exact) mass is 404 g/mol. The van der Waals surface area contributed by atoms with E-state index in [1.807, 2.05) is 10.9 Å². The van der Waals surface area contributed by atoms with Crippen molar-refractivity contribution in [2.45, 2.75) is 58.0 Å². The molecule has 0 radical (unpaired) electrons. The number of fused-ring (bicyclic) bond motifs is 1. The molecule has 1 aliphatic rings. The van der Waals surface area contributed by atoms with E-state index in [9.17, 15) is 9.59 Å². The molecular weight excluding hydrogens is 376 g/mol. The fraction of sp³-hybridized carbons (Fsp3) is 0.375. The molecule has 156 valence electrons. The Hall–Kier alpha value is -3.15. The van der Waals surface area contributed by atoms with Crippen molar-refractivity contribution < 1.29 is 4.79 Å². The first-order chi connectivity index (χ1) is 14.3. The molecule has 1 atom stereocenters. The maximum atomic E-state index is 12.6. The van der Waals surface area contributed by atoms with E-state index in [-0.39, 0.29) is 29.5 Å². The Balaban J connectivity index is 1.53. The molecule has 1 unspecified atom stereocenters. The quantitative estimate of drug-likeness (QED) is 0.723. The van der Waals surface area contributed by atoms with Crippen LogP contribution in [0.1, 0.15) is 56.5 Å². The number of nitrogens with one attached hydrogen (secondary N) is 1. The molecule has 1 aromatic carbocycles. The number of nitrogens with zero attached hydrogens (tertiary/aromatic N) is 3. The minimum Gasteiger partial charge on any atom is -0.348 e. The number of benzene rings is 1. The van der Waals surface area contributed by atoms with Crippen LogP contribution in [-0.2, 0) is 23.2 Å². The van der Waals surface area contributed by atoms with Crippen LogP contribution >= 0.6 is 0 Å². The molecule has 3 aromatic rings. The molecule has 0 saturated carbocycles. The number of aromatic nitrogens is 3. The minimum atomic E-state index is -0.177. The highest BCUT2D eigenvalue weighted by molar-refractivity contribution is 5.76. The average molecular weight is 405 g/mol. The Morgan fingerprint density at radius 1 is 1.17 bits per heavy atom. The second kappa shape index (κ2) is 7.94. The van der Waals surface area contributed by atoms with Gasteiger partial charge in [-0.1, -0.05) is 39.0 Å². The van der Waals surface area contributed by atoms with E-state index in [0.29, 0.717) is 0 Å². The van der Waals surface area contributed by atoms with Crippen molar-refractivity contribution >= 4 is 5.91 Å². The molecule has 0 spiro atoms. The molecule has 30 heavy (non-hydrogen) atoms. The zero-order valence-corrected chi connectivity index (χ0v) is 17.8. The van der Waals surface area contributed by atoms with Crippen molar-refractivity contribution in [3.05, 3.63) is 82.0 Å². The van der Waals surface area contributed by atoms with E-state index >= 15 is 0 Å². The lowest BCUT2D eigenvalue weighted by Crippen LogP contribution is -2.35. The highest BCUT2D eigenvalue weighted by Gasteiger charge is 2.26. The summed E-state index contributed by atoms with van der Waals surface area (Å²) in [6.07, 6.45) is 6.28. The van der Waals surface area contributed by atoms with Crippen LogP contribution in [-0.4, -0.2) is 20.3 Å². The van der Waals surface area contributed by atoms with Crippen LogP contribution in [0.15, 0.2) is 59.7 Å². The van der Waals surface area contributed by atoms with Crippen LogP contribution in [0.2, 0.25) is 0 Å². The van der Waals surface area contributed by atoms with Gasteiger partial charge < -0.3 is 9.88 Å². The van der Waals surface area contributed by atoms with E-state index in [4.69, 9.17) is 0 Å². The number of pyridine rings is 1. The number of rotatable bonds is 4. The van der Waals surface area contributed by atoms with E-state index in [2.05, 4.69) is 55.5 Å². The lowest BCUT2D eigenvalue weighted by Gasteiger charge is -2.24. The van der Waals surface area contributed by atoms with E-state index in [1.165, 1.54) is 16.2 Å². The molecule has 1 N–H and O–H groups in total. The Bertz CT molecular complexity index is 1100. The summed E-state index contributed by atoms with van der Waals surface area (Å²) in [5.41, 5.74) is 4.46. The predicted molar refractivity (Wildman–Crippen MR) is 117 cm³/mol. The summed E-state index contributed by atoms with van der Waals surface area (Å²) in [6.45, 7) is 6.63. The number of carbonyl (C=O) groups is 1. The third kappa shape index (κ3) is 4.08. The highest BCUT2D eigenvalue weighted by atomic mass is 16.2. The molecule has 0 saturated heterocycles. The van der Waals surface area contributed by atoms with Crippen molar-refractivity contribution in [2.24, 2.45) is 0 Å². The number of hydrogen-bond acceptors (Lipinski definition) is 3. The van der Waals surface area contributed by atoms with E-state index in [1.54, 1.807) is 18.3 Å². The lowest BCUT2D eigenvalue weighted by atomic mass is 9.87. The molecule has 6 heteroatoms. The summed E-state index contributed by atoms with van der Waals surface area (Å²) >= 11 is 0. The van der Waals surface area contributed by atoms with Crippen LogP contribution in [0.25, 0.3) is 5.69 Å². The van der Waals surface area contributed by atoms with Gasteiger partial charge in [0.2, 0.25) is 5.91 Å². The smallest absolute Gasteiger partial charge is 0.250 e. The molecule has 0 bridgehead atoms. The first-order valence-corrected chi connectivity index (χ1v) is 10.5. The van der Waals surface area contributed by atoms with E-state index in [0.717, 1.165) is 36.2 Å². The highest BCUT2D eigenvalue weighted by Crippen LogP contribution is 2.31. The van der Waals surface area contributed by atoms with Gasteiger partial charge in [0.05, 0.1) is 17.9 Å². The molecule has 1 aliphatic carbocycles.